The zero-order chi connectivity index (χ0) is 38.2. The van der Waals surface area contributed by atoms with E-state index in [1.54, 1.807) is 0 Å². The number of hydrogen-bond acceptors (Lipinski definition) is 15. The largest absolute Gasteiger partial charge is 0.468 e. The molecule has 0 aliphatic carbocycles. The third-order valence-corrected chi connectivity index (χ3v) is 9.38. The van der Waals surface area contributed by atoms with Crippen molar-refractivity contribution in [1.29, 1.82) is 0 Å². The number of aliphatic hydroxyl groups is 1. The van der Waals surface area contributed by atoms with Crippen LogP contribution in [0.4, 0.5) is 4.79 Å². The van der Waals surface area contributed by atoms with Gasteiger partial charge in [0.2, 0.25) is 0 Å². The molecule has 0 saturated carbocycles. The minimum absolute atomic E-state index is 0.0119. The van der Waals surface area contributed by atoms with Crippen molar-refractivity contribution in [2.45, 2.75) is 31.4 Å². The van der Waals surface area contributed by atoms with Crippen molar-refractivity contribution in [3.8, 4) is 0 Å². The van der Waals surface area contributed by atoms with Crippen LogP contribution in [0.5, 0.6) is 0 Å². The summed E-state index contributed by atoms with van der Waals surface area (Å²) in [5.41, 5.74) is 1.50. The number of carbonyl (C=O) groups is 5. The number of likely N-dealkylation sites (tertiary alicyclic amines) is 1. The average Bonchev–Trinajstić information content (AvgIpc) is 3.53. The summed E-state index contributed by atoms with van der Waals surface area (Å²) in [6.45, 7) is 2.24. The molecule has 2 heterocycles. The summed E-state index contributed by atoms with van der Waals surface area (Å²) in [4.78, 5) is 73.6. The average molecular weight is 742 g/mol. The molecule has 1 amide bonds. The van der Waals surface area contributed by atoms with Gasteiger partial charge in [-0.05, 0) is 11.1 Å². The summed E-state index contributed by atoms with van der Waals surface area (Å²) >= 11 is 0. The highest BCUT2D eigenvalue weighted by atomic mass is 16.6. The standard InChI is InChI=1S/C37H51N5O11/c1-49-31(44)23-38-14-16-39(24-32(45)50-2)18-20-41(21-19-40(17-15-38)25-33(46)51-3)34-30(43)22-42(37(48)53-27-29-12-8-5-9-13-29)35(34)36(47)52-26-28-10-6-4-7-11-28/h4-13,30,34-35,43H,14-27H2,1-3H3/t30-,34+,35-/m0/s1. The van der Waals surface area contributed by atoms with E-state index in [9.17, 15) is 29.1 Å². The molecule has 2 aromatic carbocycles. The number of aliphatic hydroxyl groups excluding tert-OH is 1. The molecule has 0 radical (unpaired) electrons. The Morgan fingerprint density at radius 2 is 1.00 bits per heavy atom. The number of hydrogen-bond donors (Lipinski definition) is 1. The van der Waals surface area contributed by atoms with E-state index in [-0.39, 0.29) is 52.5 Å². The number of esters is 4. The first-order chi connectivity index (χ1) is 25.6. The first-order valence-electron chi connectivity index (χ1n) is 17.6. The summed E-state index contributed by atoms with van der Waals surface area (Å²) in [7, 11) is 3.92. The maximum Gasteiger partial charge on any atom is 0.410 e. The van der Waals surface area contributed by atoms with Gasteiger partial charge in [0.05, 0.1) is 59.7 Å². The topological polar surface area (TPSA) is 168 Å². The molecular weight excluding hydrogens is 690 g/mol. The van der Waals surface area contributed by atoms with Gasteiger partial charge in [-0.2, -0.15) is 0 Å². The normalized spacial score (nSPS) is 21.1. The van der Waals surface area contributed by atoms with Crippen LogP contribution in [-0.2, 0) is 56.1 Å². The monoisotopic (exact) mass is 741 g/mol. The van der Waals surface area contributed by atoms with Gasteiger partial charge in [0, 0.05) is 52.4 Å². The molecule has 16 nitrogen and oxygen atoms in total. The number of carbonyl (C=O) groups excluding carboxylic acids is 5. The number of benzene rings is 2. The van der Waals surface area contributed by atoms with Gasteiger partial charge in [-0.1, -0.05) is 60.7 Å². The molecule has 2 aliphatic heterocycles. The van der Waals surface area contributed by atoms with Crippen molar-refractivity contribution in [2.24, 2.45) is 0 Å². The van der Waals surface area contributed by atoms with E-state index in [0.717, 1.165) is 11.1 Å². The molecule has 3 atom stereocenters. The van der Waals surface area contributed by atoms with Gasteiger partial charge in [-0.15, -0.1) is 0 Å². The Morgan fingerprint density at radius 3 is 1.42 bits per heavy atom. The number of rotatable bonds is 12. The second kappa shape index (κ2) is 21.2. The van der Waals surface area contributed by atoms with Crippen molar-refractivity contribution >= 4 is 30.0 Å². The molecule has 16 heteroatoms. The molecule has 0 bridgehead atoms. The van der Waals surface area contributed by atoms with Crippen LogP contribution in [0, 0.1) is 0 Å². The van der Waals surface area contributed by atoms with Crippen LogP contribution in [-0.4, -0.2) is 178 Å². The lowest BCUT2D eigenvalue weighted by Crippen LogP contribution is -2.57. The number of ether oxygens (including phenoxy) is 5. The van der Waals surface area contributed by atoms with Crippen molar-refractivity contribution in [2.75, 3.05) is 99.9 Å². The van der Waals surface area contributed by atoms with Gasteiger partial charge in [0.1, 0.15) is 13.2 Å². The zero-order valence-electron chi connectivity index (χ0n) is 30.7. The Balaban J connectivity index is 1.64. The van der Waals surface area contributed by atoms with Crippen LogP contribution in [0.1, 0.15) is 11.1 Å². The van der Waals surface area contributed by atoms with Gasteiger partial charge in [0.25, 0.3) is 0 Å². The molecule has 4 rings (SSSR count). The van der Waals surface area contributed by atoms with Gasteiger partial charge >= 0.3 is 30.0 Å². The Bertz CT molecular complexity index is 1450. The highest BCUT2D eigenvalue weighted by molar-refractivity contribution is 5.83. The smallest absolute Gasteiger partial charge is 0.410 e. The summed E-state index contributed by atoms with van der Waals surface area (Å²) in [6.07, 6.45) is -1.96. The van der Waals surface area contributed by atoms with Gasteiger partial charge in [-0.25, -0.2) is 9.59 Å². The lowest BCUT2D eigenvalue weighted by Gasteiger charge is -2.38. The molecule has 53 heavy (non-hydrogen) atoms. The molecule has 1 N–H and O–H groups in total. The second-order valence-corrected chi connectivity index (χ2v) is 12.9. The van der Waals surface area contributed by atoms with E-state index >= 15 is 0 Å². The summed E-state index contributed by atoms with van der Waals surface area (Å²) in [5.74, 6) is -2.05. The van der Waals surface area contributed by atoms with Crippen LogP contribution in [0.25, 0.3) is 0 Å². The quantitative estimate of drug-likeness (QED) is 0.232. The predicted octanol–water partition coefficient (Wildman–Crippen LogP) is 0.221. The van der Waals surface area contributed by atoms with E-state index in [4.69, 9.17) is 23.7 Å². The van der Waals surface area contributed by atoms with Gasteiger partial charge in [-0.3, -0.25) is 38.9 Å². The van der Waals surface area contributed by atoms with Crippen molar-refractivity contribution in [3.05, 3.63) is 71.8 Å². The van der Waals surface area contributed by atoms with E-state index in [2.05, 4.69) is 0 Å². The maximum atomic E-state index is 14.0. The molecule has 0 unspecified atom stereocenters. The Labute approximate surface area is 310 Å². The molecule has 2 aromatic rings. The van der Waals surface area contributed by atoms with E-state index in [1.807, 2.05) is 80.3 Å². The van der Waals surface area contributed by atoms with E-state index < -0.39 is 48.2 Å². The van der Waals surface area contributed by atoms with Crippen LogP contribution < -0.4 is 0 Å². The third kappa shape index (κ3) is 12.8. The number of β-amino-alcohol motifs (C(OH)–C–C–N with tert-alkyl or cyclic N) is 1. The fraction of sp³-hybridized carbons (Fsp3) is 0.541. The van der Waals surface area contributed by atoms with Gasteiger partial charge in [0.15, 0.2) is 6.04 Å². The fourth-order valence-electron chi connectivity index (χ4n) is 6.40. The molecule has 0 aromatic heterocycles. The molecular formula is C37H51N5O11. The lowest BCUT2D eigenvalue weighted by atomic mass is 10.0. The Hall–Kier alpha value is -4.61. The minimum atomic E-state index is -1.25. The number of amides is 1. The zero-order valence-corrected chi connectivity index (χ0v) is 30.7. The molecule has 2 saturated heterocycles. The van der Waals surface area contributed by atoms with E-state index in [0.29, 0.717) is 39.3 Å². The predicted molar refractivity (Wildman–Crippen MR) is 190 cm³/mol. The number of nitrogens with zero attached hydrogens (tertiary/aromatic N) is 5. The second-order valence-electron chi connectivity index (χ2n) is 12.9. The Morgan fingerprint density at radius 1 is 0.604 bits per heavy atom. The minimum Gasteiger partial charge on any atom is -0.468 e. The Kier molecular flexibility index (Phi) is 16.4. The fourth-order valence-corrected chi connectivity index (χ4v) is 6.40. The molecule has 0 spiro atoms. The summed E-state index contributed by atoms with van der Waals surface area (Å²) in [6, 6.07) is 16.1. The molecule has 290 valence electrons. The van der Waals surface area contributed by atoms with Crippen molar-refractivity contribution in [3.63, 3.8) is 0 Å². The van der Waals surface area contributed by atoms with Gasteiger partial charge < -0.3 is 28.8 Å². The van der Waals surface area contributed by atoms with Crippen LogP contribution in [0.15, 0.2) is 60.7 Å². The first kappa shape index (κ1) is 41.2. The van der Waals surface area contributed by atoms with E-state index in [1.165, 1.54) is 26.2 Å². The molecule has 2 fully saturated rings. The van der Waals surface area contributed by atoms with Crippen LogP contribution >= 0.6 is 0 Å². The van der Waals surface area contributed by atoms with Crippen LogP contribution in [0.2, 0.25) is 0 Å². The van der Waals surface area contributed by atoms with Crippen molar-refractivity contribution < 1.29 is 52.8 Å². The van der Waals surface area contributed by atoms with Crippen molar-refractivity contribution in [1.82, 2.24) is 24.5 Å². The number of methoxy groups -OCH3 is 3. The third-order valence-electron chi connectivity index (χ3n) is 9.38. The molecule has 2 aliphatic rings. The maximum absolute atomic E-state index is 14.0. The summed E-state index contributed by atoms with van der Waals surface area (Å²) in [5, 5.41) is 11.7. The lowest BCUT2D eigenvalue weighted by molar-refractivity contribution is -0.152. The van der Waals surface area contributed by atoms with Crippen LogP contribution in [0.3, 0.4) is 0 Å². The first-order valence-corrected chi connectivity index (χ1v) is 17.6. The SMILES string of the molecule is COC(=O)CN1CCN(CC(=O)OC)CCN([C@H]2[C@@H](C(=O)OCc3ccccc3)N(C(=O)OCc3ccccc3)C[C@@H]2O)CCN(CC(=O)OC)CC1. The highest BCUT2D eigenvalue weighted by Crippen LogP contribution is 2.27. The summed E-state index contributed by atoms with van der Waals surface area (Å²) < 4.78 is 26.2. The highest BCUT2D eigenvalue weighted by Gasteiger charge is 2.51.